The van der Waals surface area contributed by atoms with Crippen LogP contribution < -0.4 is 5.32 Å². The zero-order valence-corrected chi connectivity index (χ0v) is 13.9. The number of nitrogens with one attached hydrogen (secondary N) is 1. The molecule has 2 rings (SSSR count). The summed E-state index contributed by atoms with van der Waals surface area (Å²) < 4.78 is 6.80. The number of carbonyl (C=O) groups excluding carboxylic acids is 1. The van der Waals surface area contributed by atoms with Crippen molar-refractivity contribution in [1.29, 1.82) is 0 Å². The molecule has 0 saturated heterocycles. The molecule has 128 valence electrons. The standard InChI is InChI=1S/C17H21N3O4/c1-12-9-20(13(2)18-12)11-17(3,15(21)22)19-16(23)24-10-14-7-5-4-6-8-14/h4-9H,10-11H2,1-3H3,(H,19,23)(H,21,22). The topological polar surface area (TPSA) is 93.5 Å². The summed E-state index contributed by atoms with van der Waals surface area (Å²) in [6.45, 7) is 5.17. The van der Waals surface area contributed by atoms with E-state index in [9.17, 15) is 14.7 Å². The number of imidazole rings is 1. The fourth-order valence-corrected chi connectivity index (χ4v) is 2.31. The van der Waals surface area contributed by atoms with Crippen molar-refractivity contribution in [2.45, 2.75) is 39.5 Å². The van der Waals surface area contributed by atoms with E-state index in [-0.39, 0.29) is 13.2 Å². The summed E-state index contributed by atoms with van der Waals surface area (Å²) >= 11 is 0. The van der Waals surface area contributed by atoms with Crippen LogP contribution in [-0.2, 0) is 22.7 Å². The maximum atomic E-state index is 12.0. The highest BCUT2D eigenvalue weighted by Gasteiger charge is 2.36. The number of nitrogens with zero attached hydrogens (tertiary/aromatic N) is 2. The average Bonchev–Trinajstić information content (AvgIpc) is 2.83. The first kappa shape index (κ1) is 17.5. The molecule has 0 saturated carbocycles. The van der Waals surface area contributed by atoms with Crippen molar-refractivity contribution in [3.8, 4) is 0 Å². The van der Waals surface area contributed by atoms with E-state index >= 15 is 0 Å². The second kappa shape index (κ2) is 7.16. The molecule has 0 fully saturated rings. The van der Waals surface area contributed by atoms with E-state index in [1.54, 1.807) is 17.7 Å². The van der Waals surface area contributed by atoms with E-state index in [0.29, 0.717) is 5.82 Å². The average molecular weight is 331 g/mol. The number of carboxylic acids is 1. The first-order valence-electron chi connectivity index (χ1n) is 7.53. The van der Waals surface area contributed by atoms with Crippen LogP contribution in [0.4, 0.5) is 4.79 Å². The van der Waals surface area contributed by atoms with Crippen molar-refractivity contribution >= 4 is 12.1 Å². The molecule has 0 bridgehead atoms. The summed E-state index contributed by atoms with van der Waals surface area (Å²) in [7, 11) is 0. The van der Waals surface area contributed by atoms with E-state index in [0.717, 1.165) is 11.3 Å². The first-order chi connectivity index (χ1) is 11.3. The van der Waals surface area contributed by atoms with Gasteiger partial charge in [-0.1, -0.05) is 30.3 Å². The van der Waals surface area contributed by atoms with E-state index in [1.165, 1.54) is 6.92 Å². The van der Waals surface area contributed by atoms with Crippen molar-refractivity contribution in [2.24, 2.45) is 0 Å². The van der Waals surface area contributed by atoms with Gasteiger partial charge in [-0.3, -0.25) is 0 Å². The Morgan fingerprint density at radius 2 is 1.96 bits per heavy atom. The number of hydrogen-bond donors (Lipinski definition) is 2. The molecular weight excluding hydrogens is 310 g/mol. The first-order valence-corrected chi connectivity index (χ1v) is 7.53. The molecule has 1 unspecified atom stereocenters. The third-order valence-corrected chi connectivity index (χ3v) is 3.65. The van der Waals surface area contributed by atoms with Crippen LogP contribution >= 0.6 is 0 Å². The van der Waals surface area contributed by atoms with Crippen molar-refractivity contribution < 1.29 is 19.4 Å². The lowest BCUT2D eigenvalue weighted by molar-refractivity contribution is -0.144. The Morgan fingerprint density at radius 1 is 1.29 bits per heavy atom. The second-order valence-corrected chi connectivity index (χ2v) is 5.88. The largest absolute Gasteiger partial charge is 0.479 e. The Hall–Kier alpha value is -2.83. The van der Waals surface area contributed by atoms with Gasteiger partial charge >= 0.3 is 12.1 Å². The molecule has 1 amide bonds. The summed E-state index contributed by atoms with van der Waals surface area (Å²) in [6, 6.07) is 9.17. The van der Waals surface area contributed by atoms with Crippen LogP contribution in [0.15, 0.2) is 36.5 Å². The number of ether oxygens (including phenoxy) is 1. The van der Waals surface area contributed by atoms with Gasteiger partial charge < -0.3 is 19.7 Å². The summed E-state index contributed by atoms with van der Waals surface area (Å²) in [5, 5.41) is 12.0. The molecular formula is C17H21N3O4. The van der Waals surface area contributed by atoms with Crippen molar-refractivity contribution in [1.82, 2.24) is 14.9 Å². The van der Waals surface area contributed by atoms with Gasteiger partial charge in [0.2, 0.25) is 0 Å². The normalized spacial score (nSPS) is 13.1. The Kier molecular flexibility index (Phi) is 5.23. The molecule has 1 aromatic heterocycles. The van der Waals surface area contributed by atoms with Crippen LogP contribution in [0, 0.1) is 13.8 Å². The molecule has 0 radical (unpaired) electrons. The van der Waals surface area contributed by atoms with Gasteiger partial charge in [-0.2, -0.15) is 0 Å². The van der Waals surface area contributed by atoms with Crippen molar-refractivity contribution in [3.05, 3.63) is 53.6 Å². The van der Waals surface area contributed by atoms with Gasteiger partial charge in [-0.25, -0.2) is 14.6 Å². The van der Waals surface area contributed by atoms with Crippen molar-refractivity contribution in [3.63, 3.8) is 0 Å². The molecule has 24 heavy (non-hydrogen) atoms. The monoisotopic (exact) mass is 331 g/mol. The SMILES string of the molecule is Cc1cn(CC(C)(NC(=O)OCc2ccccc2)C(=O)O)c(C)n1. The number of aromatic nitrogens is 2. The smallest absolute Gasteiger partial charge is 0.408 e. The molecule has 2 N–H and O–H groups in total. The molecule has 7 nitrogen and oxygen atoms in total. The maximum Gasteiger partial charge on any atom is 0.408 e. The van der Waals surface area contributed by atoms with Crippen LogP contribution in [0.5, 0.6) is 0 Å². The Morgan fingerprint density at radius 3 is 2.50 bits per heavy atom. The Labute approximate surface area is 140 Å². The molecule has 1 heterocycles. The lowest BCUT2D eigenvalue weighted by atomic mass is 10.0. The number of amides is 1. The molecule has 7 heteroatoms. The van der Waals surface area contributed by atoms with Gasteiger partial charge in [0.05, 0.1) is 12.2 Å². The van der Waals surface area contributed by atoms with E-state index in [1.807, 2.05) is 37.3 Å². The molecule has 0 aliphatic heterocycles. The van der Waals surface area contributed by atoms with E-state index in [4.69, 9.17) is 4.74 Å². The maximum absolute atomic E-state index is 12.0. The van der Waals surface area contributed by atoms with E-state index < -0.39 is 17.6 Å². The second-order valence-electron chi connectivity index (χ2n) is 5.88. The molecule has 2 aromatic rings. The van der Waals surface area contributed by atoms with Crippen LogP contribution in [0.1, 0.15) is 24.0 Å². The lowest BCUT2D eigenvalue weighted by Gasteiger charge is -2.26. The van der Waals surface area contributed by atoms with Gasteiger partial charge in [-0.15, -0.1) is 0 Å². The molecule has 0 aliphatic rings. The summed E-state index contributed by atoms with van der Waals surface area (Å²) in [4.78, 5) is 27.9. The minimum Gasteiger partial charge on any atom is -0.479 e. The summed E-state index contributed by atoms with van der Waals surface area (Å²) in [5.74, 6) is -0.468. The number of rotatable bonds is 6. The van der Waals surface area contributed by atoms with Crippen LogP contribution in [0.3, 0.4) is 0 Å². The van der Waals surface area contributed by atoms with Crippen LogP contribution in [0.25, 0.3) is 0 Å². The highest BCUT2D eigenvalue weighted by molar-refractivity contribution is 5.83. The minimum atomic E-state index is -1.51. The predicted octanol–water partition coefficient (Wildman–Crippen LogP) is 2.27. The molecule has 1 atom stereocenters. The molecule has 1 aromatic carbocycles. The van der Waals surface area contributed by atoms with Gasteiger partial charge in [0, 0.05) is 6.20 Å². The number of carbonyl (C=O) groups is 2. The number of benzene rings is 1. The number of aryl methyl sites for hydroxylation is 2. The van der Waals surface area contributed by atoms with Gasteiger partial charge in [0.1, 0.15) is 12.4 Å². The zero-order valence-electron chi connectivity index (χ0n) is 13.9. The molecule has 0 spiro atoms. The fourth-order valence-electron chi connectivity index (χ4n) is 2.31. The summed E-state index contributed by atoms with van der Waals surface area (Å²) in [5.41, 5.74) is 0.101. The van der Waals surface area contributed by atoms with Crippen LogP contribution in [0.2, 0.25) is 0 Å². The number of carboxylic acid groups (broad SMARTS) is 1. The van der Waals surface area contributed by atoms with Gasteiger partial charge in [-0.05, 0) is 26.3 Å². The number of aliphatic carboxylic acids is 1. The number of hydrogen-bond acceptors (Lipinski definition) is 4. The van der Waals surface area contributed by atoms with Gasteiger partial charge in [0.15, 0.2) is 5.54 Å². The predicted molar refractivity (Wildman–Crippen MR) is 87.5 cm³/mol. The van der Waals surface area contributed by atoms with Crippen LogP contribution in [-0.4, -0.2) is 32.3 Å². The number of alkyl carbamates (subject to hydrolysis) is 1. The van der Waals surface area contributed by atoms with Gasteiger partial charge in [0.25, 0.3) is 0 Å². The zero-order chi connectivity index (χ0) is 17.7. The lowest BCUT2D eigenvalue weighted by Crippen LogP contribution is -2.55. The Bertz CT molecular complexity index is 727. The summed E-state index contributed by atoms with van der Waals surface area (Å²) in [6.07, 6.45) is 0.964. The quantitative estimate of drug-likeness (QED) is 0.847. The van der Waals surface area contributed by atoms with Crippen molar-refractivity contribution in [2.75, 3.05) is 0 Å². The minimum absolute atomic E-state index is 0.0510. The van der Waals surface area contributed by atoms with E-state index in [2.05, 4.69) is 10.3 Å². The fraction of sp³-hybridized carbons (Fsp3) is 0.353. The highest BCUT2D eigenvalue weighted by atomic mass is 16.5. The third kappa shape index (κ3) is 4.34. The highest BCUT2D eigenvalue weighted by Crippen LogP contribution is 2.12. The Balaban J connectivity index is 2.02. The molecule has 0 aliphatic carbocycles. The third-order valence-electron chi connectivity index (χ3n) is 3.65.